The third-order valence-electron chi connectivity index (χ3n) is 1.42. The summed E-state index contributed by atoms with van der Waals surface area (Å²) in [4.78, 5) is 10.6. The lowest BCUT2D eigenvalue weighted by molar-refractivity contribution is -0.139. The Labute approximate surface area is 73.5 Å². The summed E-state index contributed by atoms with van der Waals surface area (Å²) in [6.07, 6.45) is 7.88. The van der Waals surface area contributed by atoms with E-state index in [0.717, 1.165) is 25.8 Å². The minimum Gasteiger partial charge on any atom is -0.468 e. The van der Waals surface area contributed by atoms with Gasteiger partial charge in [0.05, 0.1) is 13.7 Å². The van der Waals surface area contributed by atoms with Crippen LogP contribution >= 0.6 is 0 Å². The molecule has 0 heterocycles. The lowest BCUT2D eigenvalue weighted by Gasteiger charge is -2.01. The van der Waals surface area contributed by atoms with Gasteiger partial charge in [0.2, 0.25) is 0 Å². The van der Waals surface area contributed by atoms with Gasteiger partial charge in [0.25, 0.3) is 0 Å². The van der Waals surface area contributed by atoms with Crippen molar-refractivity contribution in [3.05, 3.63) is 0 Å². The lowest BCUT2D eigenvalue weighted by Crippen LogP contribution is -2.24. The second-order valence-corrected chi connectivity index (χ2v) is 2.41. The van der Waals surface area contributed by atoms with Gasteiger partial charge in [0, 0.05) is 6.42 Å². The van der Waals surface area contributed by atoms with Gasteiger partial charge in [0.15, 0.2) is 0 Å². The van der Waals surface area contributed by atoms with Crippen LogP contribution in [-0.2, 0) is 9.53 Å². The maximum Gasteiger partial charge on any atom is 0.319 e. The standard InChI is InChI=1S/C9H15NO2/c1-3-4-5-6-7-10-8-9(11)12-2/h1,10H,4-8H2,2H3. The van der Waals surface area contributed by atoms with Gasteiger partial charge in [-0.05, 0) is 19.4 Å². The second kappa shape index (κ2) is 8.09. The van der Waals surface area contributed by atoms with Crippen molar-refractivity contribution < 1.29 is 9.53 Å². The summed E-state index contributed by atoms with van der Waals surface area (Å²) in [5.74, 6) is 2.33. The fourth-order valence-electron chi connectivity index (χ4n) is 0.740. The van der Waals surface area contributed by atoms with Crippen LogP contribution in [-0.4, -0.2) is 26.2 Å². The lowest BCUT2D eigenvalue weighted by atomic mass is 10.2. The summed E-state index contributed by atoms with van der Waals surface area (Å²) < 4.78 is 4.44. The van der Waals surface area contributed by atoms with E-state index in [9.17, 15) is 4.79 Å². The predicted octanol–water partition coefficient (Wildman–Crippen LogP) is 0.552. The summed E-state index contributed by atoms with van der Waals surface area (Å²) >= 11 is 0. The van der Waals surface area contributed by atoms with Crippen molar-refractivity contribution in [2.45, 2.75) is 19.3 Å². The molecule has 0 aliphatic heterocycles. The number of terminal acetylenes is 1. The number of rotatable bonds is 6. The van der Waals surface area contributed by atoms with Crippen LogP contribution in [0.5, 0.6) is 0 Å². The molecule has 3 nitrogen and oxygen atoms in total. The number of esters is 1. The van der Waals surface area contributed by atoms with Gasteiger partial charge in [-0.25, -0.2) is 0 Å². The molecule has 0 fully saturated rings. The summed E-state index contributed by atoms with van der Waals surface area (Å²) in [7, 11) is 1.38. The van der Waals surface area contributed by atoms with E-state index in [4.69, 9.17) is 6.42 Å². The minimum absolute atomic E-state index is 0.230. The molecule has 0 radical (unpaired) electrons. The van der Waals surface area contributed by atoms with Gasteiger partial charge in [-0.3, -0.25) is 4.79 Å². The van der Waals surface area contributed by atoms with E-state index in [1.165, 1.54) is 7.11 Å². The molecule has 0 amide bonds. The quantitative estimate of drug-likeness (QED) is 0.358. The molecule has 0 aliphatic carbocycles. The van der Waals surface area contributed by atoms with Gasteiger partial charge in [0.1, 0.15) is 0 Å². The van der Waals surface area contributed by atoms with Crippen molar-refractivity contribution in [1.82, 2.24) is 5.32 Å². The fourth-order valence-corrected chi connectivity index (χ4v) is 0.740. The van der Waals surface area contributed by atoms with Crippen LogP contribution in [0.25, 0.3) is 0 Å². The van der Waals surface area contributed by atoms with Crippen LogP contribution in [0.4, 0.5) is 0 Å². The minimum atomic E-state index is -0.230. The molecular weight excluding hydrogens is 154 g/mol. The summed E-state index contributed by atoms with van der Waals surface area (Å²) in [6.45, 7) is 1.10. The van der Waals surface area contributed by atoms with Crippen LogP contribution < -0.4 is 5.32 Å². The Hall–Kier alpha value is -1.01. The first-order chi connectivity index (χ1) is 5.81. The molecule has 0 saturated carbocycles. The Morgan fingerprint density at radius 1 is 1.58 bits per heavy atom. The van der Waals surface area contributed by atoms with Crippen molar-refractivity contribution in [3.8, 4) is 12.3 Å². The van der Waals surface area contributed by atoms with Crippen LogP contribution in [0.2, 0.25) is 0 Å². The highest BCUT2D eigenvalue weighted by molar-refractivity contribution is 5.71. The number of hydrogen-bond donors (Lipinski definition) is 1. The van der Waals surface area contributed by atoms with Crippen LogP contribution in [0.15, 0.2) is 0 Å². The van der Waals surface area contributed by atoms with E-state index in [1.807, 2.05) is 0 Å². The van der Waals surface area contributed by atoms with E-state index in [-0.39, 0.29) is 12.5 Å². The largest absolute Gasteiger partial charge is 0.468 e. The molecule has 0 bridgehead atoms. The maximum absolute atomic E-state index is 10.6. The topological polar surface area (TPSA) is 38.3 Å². The van der Waals surface area contributed by atoms with E-state index < -0.39 is 0 Å². The number of nitrogens with one attached hydrogen (secondary N) is 1. The number of ether oxygens (including phenoxy) is 1. The fraction of sp³-hybridized carbons (Fsp3) is 0.667. The van der Waals surface area contributed by atoms with Gasteiger partial charge in [-0.1, -0.05) is 0 Å². The first kappa shape index (κ1) is 11.0. The van der Waals surface area contributed by atoms with Gasteiger partial charge >= 0.3 is 5.97 Å². The number of hydrogen-bond acceptors (Lipinski definition) is 3. The van der Waals surface area contributed by atoms with Gasteiger partial charge in [-0.15, -0.1) is 12.3 Å². The number of carbonyl (C=O) groups is 1. The average Bonchev–Trinajstić information content (AvgIpc) is 2.10. The van der Waals surface area contributed by atoms with Crippen LogP contribution in [0, 0.1) is 12.3 Å². The molecular formula is C9H15NO2. The van der Waals surface area contributed by atoms with Crippen molar-refractivity contribution in [2.24, 2.45) is 0 Å². The number of carbonyl (C=O) groups excluding carboxylic acids is 1. The Morgan fingerprint density at radius 3 is 2.92 bits per heavy atom. The van der Waals surface area contributed by atoms with Crippen LogP contribution in [0.3, 0.4) is 0 Å². The first-order valence-electron chi connectivity index (χ1n) is 4.02. The summed E-state index contributed by atoms with van der Waals surface area (Å²) in [5.41, 5.74) is 0. The third-order valence-corrected chi connectivity index (χ3v) is 1.42. The molecule has 0 aromatic carbocycles. The highest BCUT2D eigenvalue weighted by atomic mass is 16.5. The molecule has 0 aromatic heterocycles. The molecule has 0 spiro atoms. The average molecular weight is 169 g/mol. The first-order valence-corrected chi connectivity index (χ1v) is 4.02. The Morgan fingerprint density at radius 2 is 2.33 bits per heavy atom. The van der Waals surface area contributed by atoms with Crippen molar-refractivity contribution >= 4 is 5.97 Å². The zero-order valence-electron chi connectivity index (χ0n) is 7.43. The SMILES string of the molecule is C#CCCCCNCC(=O)OC. The molecule has 12 heavy (non-hydrogen) atoms. The van der Waals surface area contributed by atoms with E-state index in [1.54, 1.807) is 0 Å². The van der Waals surface area contributed by atoms with Crippen molar-refractivity contribution in [1.29, 1.82) is 0 Å². The molecule has 0 aliphatic rings. The molecule has 0 unspecified atom stereocenters. The zero-order chi connectivity index (χ0) is 9.23. The van der Waals surface area contributed by atoms with Crippen molar-refractivity contribution in [2.75, 3.05) is 20.2 Å². The molecule has 68 valence electrons. The number of methoxy groups -OCH3 is 1. The molecule has 1 N–H and O–H groups in total. The number of unbranched alkanes of at least 4 members (excludes halogenated alkanes) is 2. The Kier molecular flexibility index (Phi) is 7.41. The highest BCUT2D eigenvalue weighted by Gasteiger charge is 1.96. The zero-order valence-corrected chi connectivity index (χ0v) is 7.43. The second-order valence-electron chi connectivity index (χ2n) is 2.41. The van der Waals surface area contributed by atoms with E-state index in [0.29, 0.717) is 0 Å². The van der Waals surface area contributed by atoms with Gasteiger partial charge < -0.3 is 10.1 Å². The van der Waals surface area contributed by atoms with Crippen LogP contribution in [0.1, 0.15) is 19.3 Å². The summed E-state index contributed by atoms with van der Waals surface area (Å²) in [5, 5.41) is 2.95. The smallest absolute Gasteiger partial charge is 0.319 e. The maximum atomic E-state index is 10.6. The van der Waals surface area contributed by atoms with E-state index in [2.05, 4.69) is 16.0 Å². The van der Waals surface area contributed by atoms with E-state index >= 15 is 0 Å². The monoisotopic (exact) mass is 169 g/mol. The predicted molar refractivity (Wildman–Crippen MR) is 47.6 cm³/mol. The Bertz CT molecular complexity index is 160. The summed E-state index contributed by atoms with van der Waals surface area (Å²) in [6, 6.07) is 0. The third kappa shape index (κ3) is 7.10. The molecule has 0 atom stereocenters. The molecule has 0 rings (SSSR count). The normalized spacial score (nSPS) is 9.00. The molecule has 3 heteroatoms. The van der Waals surface area contributed by atoms with Gasteiger partial charge in [-0.2, -0.15) is 0 Å². The molecule has 0 aromatic rings. The Balaban J connectivity index is 3.01. The molecule has 0 saturated heterocycles. The van der Waals surface area contributed by atoms with Crippen molar-refractivity contribution in [3.63, 3.8) is 0 Å². The highest BCUT2D eigenvalue weighted by Crippen LogP contribution is 1.90.